The maximum atomic E-state index is 13.3. The van der Waals surface area contributed by atoms with Crippen molar-refractivity contribution in [2.45, 2.75) is 13.0 Å². The van der Waals surface area contributed by atoms with Crippen LogP contribution >= 0.6 is 31.9 Å². The number of aryl methyl sites for hydroxylation is 1. The van der Waals surface area contributed by atoms with Crippen LogP contribution in [-0.2, 0) is 0 Å². The Bertz CT molecular complexity index is 492. The predicted molar refractivity (Wildman–Crippen MR) is 77.0 cm³/mol. The summed E-state index contributed by atoms with van der Waals surface area (Å²) in [6.07, 6.45) is -0.840. The fraction of sp³-hybridized carbons (Fsp3) is 0.143. The van der Waals surface area contributed by atoms with Crippen molar-refractivity contribution in [2.24, 2.45) is 0 Å². The van der Waals surface area contributed by atoms with E-state index < -0.39 is 6.10 Å². The Morgan fingerprint density at radius 3 is 2.06 bits per heavy atom. The highest BCUT2D eigenvalue weighted by Crippen LogP contribution is 2.28. The molecule has 18 heavy (non-hydrogen) atoms. The van der Waals surface area contributed by atoms with E-state index in [1.54, 1.807) is 13.0 Å². The minimum absolute atomic E-state index is 0.335. The maximum absolute atomic E-state index is 13.3. The molecule has 1 N–H and O–H groups in total. The van der Waals surface area contributed by atoms with E-state index in [2.05, 4.69) is 31.9 Å². The van der Waals surface area contributed by atoms with Gasteiger partial charge in [-0.1, -0.05) is 37.9 Å². The molecule has 4 heteroatoms. The van der Waals surface area contributed by atoms with Gasteiger partial charge in [0.05, 0.1) is 0 Å². The van der Waals surface area contributed by atoms with E-state index in [0.717, 1.165) is 14.5 Å². The van der Waals surface area contributed by atoms with Crippen molar-refractivity contribution in [1.29, 1.82) is 0 Å². The standard InChI is InChI=1S/C14H11Br2FO/c1-8-2-9(6-13(17)3-8)14(18)10-4-11(15)7-12(16)5-10/h2-7,14,18H,1H3. The minimum Gasteiger partial charge on any atom is -0.384 e. The Labute approximate surface area is 122 Å². The van der Waals surface area contributed by atoms with Gasteiger partial charge in [-0.25, -0.2) is 4.39 Å². The number of hydrogen-bond donors (Lipinski definition) is 1. The van der Waals surface area contributed by atoms with E-state index in [-0.39, 0.29) is 5.82 Å². The Hall–Kier alpha value is -0.710. The SMILES string of the molecule is Cc1cc(F)cc(C(O)c2cc(Br)cc(Br)c2)c1. The van der Waals surface area contributed by atoms with E-state index in [0.29, 0.717) is 11.1 Å². The van der Waals surface area contributed by atoms with Crippen molar-refractivity contribution >= 4 is 31.9 Å². The monoisotopic (exact) mass is 372 g/mol. The number of hydrogen-bond acceptors (Lipinski definition) is 1. The molecule has 0 saturated heterocycles. The summed E-state index contributed by atoms with van der Waals surface area (Å²) < 4.78 is 15.1. The van der Waals surface area contributed by atoms with Gasteiger partial charge in [0.25, 0.3) is 0 Å². The largest absolute Gasteiger partial charge is 0.384 e. The molecule has 0 aromatic heterocycles. The number of halogens is 3. The van der Waals surface area contributed by atoms with Crippen molar-refractivity contribution in [3.05, 3.63) is 67.9 Å². The fourth-order valence-corrected chi connectivity index (χ4v) is 3.18. The van der Waals surface area contributed by atoms with Gasteiger partial charge in [0, 0.05) is 8.95 Å². The first kappa shape index (κ1) is 13.7. The topological polar surface area (TPSA) is 20.2 Å². The van der Waals surface area contributed by atoms with Crippen LogP contribution < -0.4 is 0 Å². The first-order chi connectivity index (χ1) is 8.45. The van der Waals surface area contributed by atoms with E-state index >= 15 is 0 Å². The molecule has 2 aromatic rings. The van der Waals surface area contributed by atoms with Crippen LogP contribution in [0.4, 0.5) is 4.39 Å². The second-order valence-electron chi connectivity index (χ2n) is 4.17. The molecule has 0 aliphatic rings. The van der Waals surface area contributed by atoms with Gasteiger partial charge in [-0.05, 0) is 53.9 Å². The van der Waals surface area contributed by atoms with Crippen molar-refractivity contribution in [1.82, 2.24) is 0 Å². The number of benzene rings is 2. The van der Waals surface area contributed by atoms with Gasteiger partial charge in [-0.15, -0.1) is 0 Å². The summed E-state index contributed by atoms with van der Waals surface area (Å²) in [6.45, 7) is 1.80. The third-order valence-electron chi connectivity index (χ3n) is 2.58. The zero-order valence-corrected chi connectivity index (χ0v) is 12.8. The normalized spacial score (nSPS) is 12.5. The van der Waals surface area contributed by atoms with Crippen molar-refractivity contribution < 1.29 is 9.50 Å². The van der Waals surface area contributed by atoms with Gasteiger partial charge in [0.2, 0.25) is 0 Å². The lowest BCUT2D eigenvalue weighted by molar-refractivity contribution is 0.219. The highest BCUT2D eigenvalue weighted by atomic mass is 79.9. The quantitative estimate of drug-likeness (QED) is 0.805. The van der Waals surface area contributed by atoms with Crippen LogP contribution in [-0.4, -0.2) is 5.11 Å². The molecular formula is C14H11Br2FO. The summed E-state index contributed by atoms with van der Waals surface area (Å²) in [5.41, 5.74) is 2.05. The minimum atomic E-state index is -0.840. The summed E-state index contributed by atoms with van der Waals surface area (Å²) >= 11 is 6.74. The third-order valence-corrected chi connectivity index (χ3v) is 3.50. The average Bonchev–Trinajstić information content (AvgIpc) is 2.25. The zero-order chi connectivity index (χ0) is 13.3. The lowest BCUT2D eigenvalue weighted by Gasteiger charge is -2.13. The molecule has 0 heterocycles. The van der Waals surface area contributed by atoms with Crippen molar-refractivity contribution in [3.8, 4) is 0 Å². The molecule has 1 unspecified atom stereocenters. The smallest absolute Gasteiger partial charge is 0.123 e. The fourth-order valence-electron chi connectivity index (χ4n) is 1.85. The molecular weight excluding hydrogens is 363 g/mol. The molecule has 0 aliphatic carbocycles. The highest BCUT2D eigenvalue weighted by molar-refractivity contribution is 9.11. The van der Waals surface area contributed by atoms with Crippen LogP contribution in [0.15, 0.2) is 45.3 Å². The maximum Gasteiger partial charge on any atom is 0.123 e. The molecule has 1 atom stereocenters. The van der Waals surface area contributed by atoms with Gasteiger partial charge < -0.3 is 5.11 Å². The Kier molecular flexibility index (Phi) is 4.20. The van der Waals surface area contributed by atoms with Gasteiger partial charge in [-0.3, -0.25) is 0 Å². The molecule has 0 fully saturated rings. The van der Waals surface area contributed by atoms with E-state index in [4.69, 9.17) is 0 Å². The predicted octanol–water partition coefficient (Wildman–Crippen LogP) is 4.74. The van der Waals surface area contributed by atoms with Gasteiger partial charge in [0.1, 0.15) is 11.9 Å². The van der Waals surface area contributed by atoms with Crippen LogP contribution in [0.3, 0.4) is 0 Å². The van der Waals surface area contributed by atoms with Crippen molar-refractivity contribution in [3.63, 3.8) is 0 Å². The van der Waals surface area contributed by atoms with Gasteiger partial charge in [0.15, 0.2) is 0 Å². The Balaban J connectivity index is 2.43. The first-order valence-corrected chi connectivity index (χ1v) is 6.95. The second-order valence-corrected chi connectivity index (χ2v) is 6.00. The summed E-state index contributed by atoms with van der Waals surface area (Å²) in [4.78, 5) is 0. The Morgan fingerprint density at radius 2 is 1.50 bits per heavy atom. The third kappa shape index (κ3) is 3.19. The van der Waals surface area contributed by atoms with Crippen LogP contribution in [0.25, 0.3) is 0 Å². The molecule has 0 bridgehead atoms. The molecule has 2 rings (SSSR count). The summed E-state index contributed by atoms with van der Waals surface area (Å²) in [5, 5.41) is 10.3. The lowest BCUT2D eigenvalue weighted by Crippen LogP contribution is -2.01. The van der Waals surface area contributed by atoms with Gasteiger partial charge in [-0.2, -0.15) is 0 Å². The number of aliphatic hydroxyl groups is 1. The zero-order valence-electron chi connectivity index (χ0n) is 9.62. The average molecular weight is 374 g/mol. The molecule has 0 amide bonds. The summed E-state index contributed by atoms with van der Waals surface area (Å²) in [6, 6.07) is 10.1. The Morgan fingerprint density at radius 1 is 0.944 bits per heavy atom. The molecule has 0 saturated carbocycles. The molecule has 0 radical (unpaired) electrons. The number of aliphatic hydroxyl groups excluding tert-OH is 1. The van der Waals surface area contributed by atoms with E-state index in [1.165, 1.54) is 12.1 Å². The van der Waals surface area contributed by atoms with Gasteiger partial charge >= 0.3 is 0 Å². The van der Waals surface area contributed by atoms with E-state index in [1.807, 2.05) is 18.2 Å². The molecule has 94 valence electrons. The van der Waals surface area contributed by atoms with Crippen LogP contribution in [0.1, 0.15) is 22.8 Å². The molecule has 2 aromatic carbocycles. The molecule has 1 nitrogen and oxygen atoms in total. The van der Waals surface area contributed by atoms with E-state index in [9.17, 15) is 9.50 Å². The number of rotatable bonds is 2. The lowest BCUT2D eigenvalue weighted by atomic mass is 10.00. The summed E-state index contributed by atoms with van der Waals surface area (Å²) in [7, 11) is 0. The molecule has 0 spiro atoms. The van der Waals surface area contributed by atoms with Crippen molar-refractivity contribution in [2.75, 3.05) is 0 Å². The highest BCUT2D eigenvalue weighted by Gasteiger charge is 2.13. The summed E-state index contributed by atoms with van der Waals surface area (Å²) in [5.74, 6) is -0.335. The first-order valence-electron chi connectivity index (χ1n) is 5.37. The van der Waals surface area contributed by atoms with Crippen LogP contribution in [0, 0.1) is 12.7 Å². The van der Waals surface area contributed by atoms with Crippen LogP contribution in [0.5, 0.6) is 0 Å². The van der Waals surface area contributed by atoms with Crippen LogP contribution in [0.2, 0.25) is 0 Å². The molecule has 0 aliphatic heterocycles. The second kappa shape index (κ2) is 5.51.